The predicted molar refractivity (Wildman–Crippen MR) is 234 cm³/mol. The number of benzene rings is 8. The van der Waals surface area contributed by atoms with Crippen LogP contribution in [-0.2, 0) is 10.8 Å². The monoisotopic (exact) mass is 716 g/mol. The van der Waals surface area contributed by atoms with Gasteiger partial charge in [-0.3, -0.25) is 0 Å². The van der Waals surface area contributed by atoms with Gasteiger partial charge in [0, 0.05) is 27.5 Å². The Kier molecular flexibility index (Phi) is 6.98. The van der Waals surface area contributed by atoms with Gasteiger partial charge in [0.2, 0.25) is 0 Å². The summed E-state index contributed by atoms with van der Waals surface area (Å²) < 4.78 is 0. The van der Waals surface area contributed by atoms with Crippen LogP contribution in [0.2, 0.25) is 0 Å². The van der Waals surface area contributed by atoms with E-state index in [-0.39, 0.29) is 10.8 Å². The standard InChI is InChI=1S/C54H40N2/c1-53(2)45-24-13-12-21-40(45)44-31-35(26-29-46(44)53)49-32-48(34-16-6-5-7-17-34)55-52(56-49)42-28-27-39(37-19-10-11-20-38(37)42)41-22-14-23-43-50-36-18-9-8-15-33(36)25-30-47(50)54(3,4)51(41)43/h5-32H,1-4H3. The minimum atomic E-state index is -0.168. The van der Waals surface area contributed by atoms with E-state index in [9.17, 15) is 0 Å². The maximum Gasteiger partial charge on any atom is 0.161 e. The van der Waals surface area contributed by atoms with Gasteiger partial charge in [0.25, 0.3) is 0 Å². The number of hydrogen-bond acceptors (Lipinski definition) is 2. The normalized spacial score (nSPS) is 14.4. The molecule has 0 atom stereocenters. The van der Waals surface area contributed by atoms with E-state index in [1.165, 1.54) is 71.8 Å². The summed E-state index contributed by atoms with van der Waals surface area (Å²) in [6.07, 6.45) is 0. The van der Waals surface area contributed by atoms with Gasteiger partial charge in [-0.25, -0.2) is 9.97 Å². The van der Waals surface area contributed by atoms with Crippen LogP contribution in [0.4, 0.5) is 0 Å². The van der Waals surface area contributed by atoms with Crippen LogP contribution in [0.1, 0.15) is 49.9 Å². The maximum absolute atomic E-state index is 5.40. The van der Waals surface area contributed by atoms with Gasteiger partial charge in [0.1, 0.15) is 0 Å². The van der Waals surface area contributed by atoms with Gasteiger partial charge in [-0.2, -0.15) is 0 Å². The molecule has 56 heavy (non-hydrogen) atoms. The Balaban J connectivity index is 1.10. The second-order valence-corrected chi connectivity index (χ2v) is 16.5. The Hall–Kier alpha value is -6.64. The van der Waals surface area contributed by atoms with Crippen molar-refractivity contribution in [3.63, 3.8) is 0 Å². The summed E-state index contributed by atoms with van der Waals surface area (Å²) in [5, 5.41) is 4.93. The Labute approximate surface area is 328 Å². The Morgan fingerprint density at radius 2 is 0.964 bits per heavy atom. The van der Waals surface area contributed by atoms with E-state index in [4.69, 9.17) is 9.97 Å². The fourth-order valence-electron chi connectivity index (χ4n) is 9.96. The first-order valence-corrected chi connectivity index (χ1v) is 19.7. The number of nitrogens with zero attached hydrogens (tertiary/aromatic N) is 2. The van der Waals surface area contributed by atoms with Crippen molar-refractivity contribution in [2.75, 3.05) is 0 Å². The van der Waals surface area contributed by atoms with Crippen LogP contribution in [0.3, 0.4) is 0 Å². The van der Waals surface area contributed by atoms with Gasteiger partial charge in [0.15, 0.2) is 5.82 Å². The number of hydrogen-bond donors (Lipinski definition) is 0. The summed E-state index contributed by atoms with van der Waals surface area (Å²) in [5.74, 6) is 0.725. The second kappa shape index (κ2) is 11.9. The van der Waals surface area contributed by atoms with Gasteiger partial charge in [-0.05, 0) is 95.4 Å². The molecule has 0 bridgehead atoms. The van der Waals surface area contributed by atoms with Crippen molar-refractivity contribution in [1.29, 1.82) is 0 Å². The first-order chi connectivity index (χ1) is 27.3. The molecule has 0 aliphatic heterocycles. The van der Waals surface area contributed by atoms with Crippen molar-refractivity contribution in [2.24, 2.45) is 0 Å². The van der Waals surface area contributed by atoms with Crippen LogP contribution in [0.5, 0.6) is 0 Å². The molecule has 2 aliphatic rings. The van der Waals surface area contributed by atoms with E-state index in [1.54, 1.807) is 0 Å². The first kappa shape index (κ1) is 32.8. The third-order valence-corrected chi connectivity index (χ3v) is 12.7. The van der Waals surface area contributed by atoms with Crippen LogP contribution < -0.4 is 0 Å². The molecule has 0 amide bonds. The molecule has 0 fully saturated rings. The van der Waals surface area contributed by atoms with Crippen molar-refractivity contribution in [1.82, 2.24) is 9.97 Å². The Morgan fingerprint density at radius 3 is 1.79 bits per heavy atom. The molecule has 0 N–H and O–H groups in total. The Bertz CT molecular complexity index is 3080. The lowest BCUT2D eigenvalue weighted by Crippen LogP contribution is -2.16. The molecule has 2 heteroatoms. The molecular formula is C54H40N2. The van der Waals surface area contributed by atoms with Crippen molar-refractivity contribution >= 4 is 21.5 Å². The number of aromatic nitrogens is 2. The molecule has 2 aliphatic carbocycles. The fourth-order valence-corrected chi connectivity index (χ4v) is 9.96. The molecular weight excluding hydrogens is 677 g/mol. The zero-order valence-corrected chi connectivity index (χ0v) is 32.1. The quantitative estimate of drug-likeness (QED) is 0.181. The summed E-state index contributed by atoms with van der Waals surface area (Å²) in [4.78, 5) is 10.7. The number of fused-ring (bicyclic) bond motifs is 9. The molecule has 0 radical (unpaired) electrons. The van der Waals surface area contributed by atoms with E-state index < -0.39 is 0 Å². The van der Waals surface area contributed by atoms with Crippen LogP contribution in [0, 0.1) is 0 Å². The van der Waals surface area contributed by atoms with Crippen molar-refractivity contribution in [3.8, 4) is 67.3 Å². The highest BCUT2D eigenvalue weighted by Gasteiger charge is 2.39. The van der Waals surface area contributed by atoms with Crippen LogP contribution in [0.25, 0.3) is 88.8 Å². The Morgan fingerprint density at radius 1 is 0.357 bits per heavy atom. The summed E-state index contributed by atoms with van der Waals surface area (Å²) in [6.45, 7) is 9.42. The zero-order chi connectivity index (χ0) is 37.8. The van der Waals surface area contributed by atoms with E-state index in [0.29, 0.717) is 0 Å². The lowest BCUT2D eigenvalue weighted by molar-refractivity contribution is 0.660. The lowest BCUT2D eigenvalue weighted by atomic mass is 9.78. The van der Waals surface area contributed by atoms with E-state index >= 15 is 0 Å². The van der Waals surface area contributed by atoms with Crippen molar-refractivity contribution < 1.29 is 0 Å². The van der Waals surface area contributed by atoms with E-state index in [2.05, 4.69) is 198 Å². The van der Waals surface area contributed by atoms with Crippen LogP contribution in [-0.4, -0.2) is 9.97 Å². The van der Waals surface area contributed by atoms with Crippen molar-refractivity contribution in [2.45, 2.75) is 38.5 Å². The highest BCUT2D eigenvalue weighted by atomic mass is 14.9. The zero-order valence-electron chi connectivity index (χ0n) is 32.1. The van der Waals surface area contributed by atoms with Gasteiger partial charge < -0.3 is 0 Å². The predicted octanol–water partition coefficient (Wildman–Crippen LogP) is 14.1. The minimum Gasteiger partial charge on any atom is -0.228 e. The SMILES string of the molecule is CC1(C)c2ccccc2-c2cc(-c3cc(-c4ccccc4)nc(-c4ccc(-c5cccc6c5C(C)(C)c5ccc7ccccc7c5-6)c5ccccc45)n3)ccc21. The highest BCUT2D eigenvalue weighted by Crippen LogP contribution is 2.55. The molecule has 0 unspecified atom stereocenters. The second-order valence-electron chi connectivity index (χ2n) is 16.5. The third kappa shape index (κ3) is 4.69. The summed E-state index contributed by atoms with van der Waals surface area (Å²) in [6, 6.07) is 62.0. The van der Waals surface area contributed by atoms with E-state index in [0.717, 1.165) is 39.3 Å². The van der Waals surface area contributed by atoms with Gasteiger partial charge in [-0.1, -0.05) is 179 Å². The average Bonchev–Trinajstić information content (AvgIpc) is 3.63. The van der Waals surface area contributed by atoms with Crippen LogP contribution >= 0.6 is 0 Å². The molecule has 9 aromatic rings. The smallest absolute Gasteiger partial charge is 0.161 e. The topological polar surface area (TPSA) is 25.8 Å². The lowest BCUT2D eigenvalue weighted by Gasteiger charge is -2.25. The van der Waals surface area contributed by atoms with E-state index in [1.807, 2.05) is 0 Å². The molecule has 0 saturated carbocycles. The van der Waals surface area contributed by atoms with Gasteiger partial charge >= 0.3 is 0 Å². The minimum absolute atomic E-state index is 0.0538. The first-order valence-electron chi connectivity index (χ1n) is 19.7. The fraction of sp³-hybridized carbons (Fsp3) is 0.111. The summed E-state index contributed by atoms with van der Waals surface area (Å²) >= 11 is 0. The molecule has 1 aromatic heterocycles. The summed E-state index contributed by atoms with van der Waals surface area (Å²) in [5.41, 5.74) is 18.1. The third-order valence-electron chi connectivity index (χ3n) is 12.7. The molecule has 8 aromatic carbocycles. The molecule has 0 spiro atoms. The molecule has 2 nitrogen and oxygen atoms in total. The largest absolute Gasteiger partial charge is 0.228 e. The number of rotatable bonds is 4. The maximum atomic E-state index is 5.40. The highest BCUT2D eigenvalue weighted by molar-refractivity contribution is 6.08. The summed E-state index contributed by atoms with van der Waals surface area (Å²) in [7, 11) is 0. The average molecular weight is 717 g/mol. The molecule has 0 saturated heterocycles. The molecule has 266 valence electrons. The van der Waals surface area contributed by atoms with Gasteiger partial charge in [0.05, 0.1) is 11.4 Å². The molecule has 1 heterocycles. The van der Waals surface area contributed by atoms with Gasteiger partial charge in [-0.15, -0.1) is 0 Å². The molecule has 11 rings (SSSR count). The van der Waals surface area contributed by atoms with Crippen molar-refractivity contribution in [3.05, 3.63) is 192 Å². The van der Waals surface area contributed by atoms with Crippen LogP contribution in [0.15, 0.2) is 170 Å².